The molecule has 1 saturated heterocycles. The first-order valence-electron chi connectivity index (χ1n) is 9.23. The summed E-state index contributed by atoms with van der Waals surface area (Å²) < 4.78 is 0. The van der Waals surface area contributed by atoms with E-state index in [0.717, 1.165) is 0 Å². The minimum absolute atomic E-state index is 0.0558. The number of aliphatic carboxylic acids is 1. The Hall–Kier alpha value is -2.24. The number of nitrogens with zero attached hydrogens (tertiary/aromatic N) is 1. The fourth-order valence-electron chi connectivity index (χ4n) is 3.01. The summed E-state index contributed by atoms with van der Waals surface area (Å²) in [6.07, 6.45) is 1.19. The number of carboxylic acids is 1. The third-order valence-electron chi connectivity index (χ3n) is 4.49. The number of rotatable bonds is 10. The first-order valence-corrected chi connectivity index (χ1v) is 9.23. The number of hydrogen-bond acceptors (Lipinski definition) is 7. The van der Waals surface area contributed by atoms with Gasteiger partial charge in [0.25, 0.3) is 0 Å². The van der Waals surface area contributed by atoms with E-state index in [1.54, 1.807) is 0 Å². The fraction of sp³-hybridized carbons (Fsp3) is 0.765. The summed E-state index contributed by atoms with van der Waals surface area (Å²) in [6.45, 7) is 2.68. The molecule has 0 aliphatic carbocycles. The second-order valence-corrected chi connectivity index (χ2v) is 7.25. The van der Waals surface area contributed by atoms with Crippen LogP contribution in [0.25, 0.3) is 0 Å². The molecule has 0 saturated carbocycles. The van der Waals surface area contributed by atoms with Gasteiger partial charge in [0.1, 0.15) is 24.2 Å². The van der Waals surface area contributed by atoms with Crippen LogP contribution in [0.1, 0.15) is 33.1 Å². The molecule has 0 radical (unpaired) electrons. The average Bonchev–Trinajstić information content (AvgIpc) is 3.13. The Morgan fingerprint density at radius 1 is 1.11 bits per heavy atom. The molecule has 3 amide bonds. The first kappa shape index (κ1) is 23.8. The van der Waals surface area contributed by atoms with Crippen LogP contribution in [-0.2, 0) is 19.2 Å². The highest BCUT2D eigenvalue weighted by Crippen LogP contribution is 2.20. The maximum atomic E-state index is 13.0. The summed E-state index contributed by atoms with van der Waals surface area (Å²) in [7, 11) is 0. The van der Waals surface area contributed by atoms with E-state index in [1.165, 1.54) is 4.90 Å². The van der Waals surface area contributed by atoms with E-state index in [9.17, 15) is 19.2 Å². The highest BCUT2D eigenvalue weighted by molar-refractivity contribution is 5.94. The second-order valence-electron chi connectivity index (χ2n) is 7.25. The predicted molar refractivity (Wildman–Crippen MR) is 97.8 cm³/mol. The van der Waals surface area contributed by atoms with E-state index in [4.69, 9.17) is 21.1 Å². The van der Waals surface area contributed by atoms with Crippen LogP contribution in [0.4, 0.5) is 0 Å². The maximum absolute atomic E-state index is 13.0. The van der Waals surface area contributed by atoms with Crippen LogP contribution in [0.2, 0.25) is 0 Å². The Morgan fingerprint density at radius 2 is 1.75 bits per heavy atom. The Balaban J connectivity index is 2.92. The van der Waals surface area contributed by atoms with Crippen molar-refractivity contribution >= 4 is 23.7 Å². The number of aliphatic hydroxyl groups is 2. The van der Waals surface area contributed by atoms with Crippen molar-refractivity contribution in [2.45, 2.75) is 57.3 Å². The van der Waals surface area contributed by atoms with Gasteiger partial charge in [0.05, 0.1) is 13.2 Å². The molecule has 0 aromatic heterocycles. The second kappa shape index (κ2) is 10.9. The number of hydrogen-bond donors (Lipinski definition) is 6. The molecule has 0 spiro atoms. The van der Waals surface area contributed by atoms with Crippen molar-refractivity contribution in [3.63, 3.8) is 0 Å². The third-order valence-corrected chi connectivity index (χ3v) is 4.49. The van der Waals surface area contributed by atoms with Gasteiger partial charge in [-0.1, -0.05) is 13.8 Å². The largest absolute Gasteiger partial charge is 0.480 e. The molecule has 7 N–H and O–H groups in total. The van der Waals surface area contributed by atoms with Crippen LogP contribution in [-0.4, -0.2) is 87.8 Å². The van der Waals surface area contributed by atoms with Gasteiger partial charge in [0.15, 0.2) is 0 Å². The fourth-order valence-corrected chi connectivity index (χ4v) is 3.01. The van der Waals surface area contributed by atoms with Crippen molar-refractivity contribution < 1.29 is 34.5 Å². The van der Waals surface area contributed by atoms with E-state index in [-0.39, 0.29) is 12.5 Å². The highest BCUT2D eigenvalue weighted by atomic mass is 16.4. The molecule has 0 aromatic carbocycles. The van der Waals surface area contributed by atoms with Crippen LogP contribution in [0.3, 0.4) is 0 Å². The van der Waals surface area contributed by atoms with Gasteiger partial charge in [-0.2, -0.15) is 0 Å². The molecule has 4 atom stereocenters. The lowest BCUT2D eigenvalue weighted by molar-refractivity contribution is -0.145. The summed E-state index contributed by atoms with van der Waals surface area (Å²) in [5.74, 6) is -3.14. The van der Waals surface area contributed by atoms with Crippen molar-refractivity contribution in [2.24, 2.45) is 11.7 Å². The number of carboxylic acid groups (broad SMARTS) is 1. The molecular formula is C17H30N4O7. The standard InChI is InChI=1S/C17H30N4O7/c1-9(2)6-11(19-14(24)10(18)7-22)16(26)21-5-3-4-13(21)15(25)20-12(8-23)17(27)28/h9-13,22-23H,3-8,18H2,1-2H3,(H,19,24)(H,20,25)(H,27,28). The lowest BCUT2D eigenvalue weighted by atomic mass is 10.0. The van der Waals surface area contributed by atoms with E-state index in [1.807, 2.05) is 13.8 Å². The van der Waals surface area contributed by atoms with Crippen molar-refractivity contribution in [3.05, 3.63) is 0 Å². The lowest BCUT2D eigenvalue weighted by Gasteiger charge is -2.30. The van der Waals surface area contributed by atoms with Gasteiger partial charge in [-0.05, 0) is 25.2 Å². The van der Waals surface area contributed by atoms with Crippen molar-refractivity contribution in [3.8, 4) is 0 Å². The SMILES string of the molecule is CC(C)CC(NC(=O)C(N)CO)C(=O)N1CCCC1C(=O)NC(CO)C(=O)O. The summed E-state index contributed by atoms with van der Waals surface area (Å²) >= 11 is 0. The molecule has 1 rings (SSSR count). The van der Waals surface area contributed by atoms with Crippen LogP contribution in [0, 0.1) is 5.92 Å². The van der Waals surface area contributed by atoms with Gasteiger partial charge in [-0.3, -0.25) is 14.4 Å². The number of carbonyl (C=O) groups is 4. The molecule has 4 unspecified atom stereocenters. The summed E-state index contributed by atoms with van der Waals surface area (Å²) in [6, 6.07) is -4.44. The highest BCUT2D eigenvalue weighted by Gasteiger charge is 2.39. The van der Waals surface area contributed by atoms with E-state index >= 15 is 0 Å². The average molecular weight is 402 g/mol. The Kier molecular flexibility index (Phi) is 9.29. The zero-order chi connectivity index (χ0) is 21.4. The lowest BCUT2D eigenvalue weighted by Crippen LogP contribution is -2.57. The Labute approximate surface area is 163 Å². The molecule has 1 fully saturated rings. The van der Waals surface area contributed by atoms with Gasteiger partial charge in [-0.25, -0.2) is 4.79 Å². The molecule has 1 aliphatic heterocycles. The van der Waals surface area contributed by atoms with E-state index in [0.29, 0.717) is 19.3 Å². The summed E-state index contributed by atoms with van der Waals surface area (Å²) in [4.78, 5) is 49.8. The molecular weight excluding hydrogens is 372 g/mol. The van der Waals surface area contributed by atoms with Gasteiger partial charge >= 0.3 is 5.97 Å². The number of nitrogens with two attached hydrogens (primary N) is 1. The van der Waals surface area contributed by atoms with Gasteiger partial charge in [0.2, 0.25) is 17.7 Å². The van der Waals surface area contributed by atoms with Crippen molar-refractivity contribution in [1.29, 1.82) is 0 Å². The third kappa shape index (κ3) is 6.43. The van der Waals surface area contributed by atoms with Gasteiger partial charge in [-0.15, -0.1) is 0 Å². The number of carbonyl (C=O) groups excluding carboxylic acids is 3. The quantitative estimate of drug-likeness (QED) is 0.230. The van der Waals surface area contributed by atoms with E-state index < -0.39 is 61.1 Å². The number of nitrogens with one attached hydrogen (secondary N) is 2. The van der Waals surface area contributed by atoms with Crippen LogP contribution in [0.5, 0.6) is 0 Å². The minimum atomic E-state index is -1.46. The molecule has 11 nitrogen and oxygen atoms in total. The van der Waals surface area contributed by atoms with Gasteiger partial charge < -0.3 is 36.6 Å². The predicted octanol–water partition coefficient (Wildman–Crippen LogP) is -2.61. The molecule has 1 aliphatic rings. The summed E-state index contributed by atoms with van der Waals surface area (Å²) in [5, 5.41) is 31.8. The zero-order valence-electron chi connectivity index (χ0n) is 16.1. The number of likely N-dealkylation sites (tertiary alicyclic amines) is 1. The summed E-state index contributed by atoms with van der Waals surface area (Å²) in [5.41, 5.74) is 5.49. The Morgan fingerprint density at radius 3 is 2.25 bits per heavy atom. The molecule has 160 valence electrons. The van der Waals surface area contributed by atoms with Crippen LogP contribution < -0.4 is 16.4 Å². The first-order chi connectivity index (χ1) is 13.1. The van der Waals surface area contributed by atoms with Crippen LogP contribution >= 0.6 is 0 Å². The monoisotopic (exact) mass is 402 g/mol. The topological polar surface area (TPSA) is 182 Å². The van der Waals surface area contributed by atoms with Crippen molar-refractivity contribution in [2.75, 3.05) is 19.8 Å². The zero-order valence-corrected chi connectivity index (χ0v) is 16.1. The van der Waals surface area contributed by atoms with E-state index in [2.05, 4.69) is 10.6 Å². The molecule has 11 heteroatoms. The molecule has 0 aromatic rings. The smallest absolute Gasteiger partial charge is 0.328 e. The van der Waals surface area contributed by atoms with Crippen molar-refractivity contribution in [1.82, 2.24) is 15.5 Å². The molecule has 0 bridgehead atoms. The molecule has 1 heterocycles. The molecule has 28 heavy (non-hydrogen) atoms. The van der Waals surface area contributed by atoms with Gasteiger partial charge in [0, 0.05) is 6.54 Å². The van der Waals surface area contributed by atoms with Crippen LogP contribution in [0.15, 0.2) is 0 Å². The normalized spacial score (nSPS) is 19.8. The minimum Gasteiger partial charge on any atom is -0.480 e. The maximum Gasteiger partial charge on any atom is 0.328 e. The Bertz CT molecular complexity index is 584. The number of aliphatic hydroxyl groups excluding tert-OH is 2. The number of amides is 3.